The molecule has 0 unspecified atom stereocenters. The van der Waals surface area contributed by atoms with Crippen molar-refractivity contribution < 1.29 is 8.42 Å². The fraction of sp³-hybridized carbons (Fsp3) is 0.429. The van der Waals surface area contributed by atoms with E-state index in [-0.39, 0.29) is 0 Å². The van der Waals surface area contributed by atoms with E-state index in [9.17, 15) is 8.42 Å². The number of nitrogens with one attached hydrogen (secondary N) is 2. The summed E-state index contributed by atoms with van der Waals surface area (Å²) in [6, 6.07) is 5.27. The molecular weight excluding hydrogens is 260 g/mol. The molecule has 1 aromatic heterocycles. The Morgan fingerprint density at radius 2 is 2.05 bits per heavy atom. The molecule has 4 nitrogen and oxygen atoms in total. The van der Waals surface area contributed by atoms with Crippen LogP contribution in [0.25, 0.3) is 10.9 Å². The normalized spacial score (nSPS) is 12.2. The van der Waals surface area contributed by atoms with Crippen molar-refractivity contribution in [2.24, 2.45) is 0 Å². The van der Waals surface area contributed by atoms with Crippen molar-refractivity contribution in [3.63, 3.8) is 0 Å². The fourth-order valence-corrected chi connectivity index (χ4v) is 2.95. The third-order valence-electron chi connectivity index (χ3n) is 3.32. The molecule has 0 spiro atoms. The van der Waals surface area contributed by atoms with E-state index in [0.717, 1.165) is 36.1 Å². The fourth-order valence-electron chi connectivity index (χ4n) is 2.30. The monoisotopic (exact) mass is 280 g/mol. The first-order chi connectivity index (χ1) is 8.93. The lowest BCUT2D eigenvalue weighted by Crippen LogP contribution is -2.16. The second kappa shape index (κ2) is 5.35. The Labute approximate surface area is 114 Å². The summed E-state index contributed by atoms with van der Waals surface area (Å²) in [7, 11) is -3.16. The Morgan fingerprint density at radius 1 is 1.32 bits per heavy atom. The van der Waals surface area contributed by atoms with Gasteiger partial charge >= 0.3 is 0 Å². The molecule has 1 heterocycles. The van der Waals surface area contributed by atoms with Gasteiger partial charge in [-0.1, -0.05) is 6.92 Å². The standard InChI is InChI=1S/C14H20N2O2S/c1-4-15-8-7-12-10(2)16-14-6-5-11(9-13(12)14)19(3,17)18/h5-6,9,15-16H,4,7-8H2,1-3H3. The highest BCUT2D eigenvalue weighted by Crippen LogP contribution is 2.25. The lowest BCUT2D eigenvalue weighted by atomic mass is 10.1. The van der Waals surface area contributed by atoms with Crippen LogP contribution in [0, 0.1) is 6.92 Å². The lowest BCUT2D eigenvalue weighted by Gasteiger charge is -2.03. The van der Waals surface area contributed by atoms with Crippen molar-refractivity contribution in [2.75, 3.05) is 19.3 Å². The molecule has 5 heteroatoms. The molecule has 0 amide bonds. The first kappa shape index (κ1) is 14.1. The minimum absolute atomic E-state index is 0.378. The van der Waals surface area contributed by atoms with Crippen molar-refractivity contribution in [2.45, 2.75) is 25.2 Å². The topological polar surface area (TPSA) is 62.0 Å². The van der Waals surface area contributed by atoms with Crippen molar-refractivity contribution in [1.29, 1.82) is 0 Å². The van der Waals surface area contributed by atoms with Crippen LogP contribution in [0.5, 0.6) is 0 Å². The van der Waals surface area contributed by atoms with Gasteiger partial charge in [-0.2, -0.15) is 0 Å². The van der Waals surface area contributed by atoms with Gasteiger partial charge in [0.05, 0.1) is 4.90 Å². The Morgan fingerprint density at radius 3 is 2.68 bits per heavy atom. The van der Waals surface area contributed by atoms with Crippen molar-refractivity contribution >= 4 is 20.7 Å². The molecule has 0 aliphatic heterocycles. The van der Waals surface area contributed by atoms with Crippen LogP contribution in [0.4, 0.5) is 0 Å². The molecule has 0 bridgehead atoms. The largest absolute Gasteiger partial charge is 0.358 e. The van der Waals surface area contributed by atoms with Crippen LogP contribution in [0.3, 0.4) is 0 Å². The Hall–Kier alpha value is -1.33. The van der Waals surface area contributed by atoms with Crippen LogP contribution in [0.15, 0.2) is 23.1 Å². The maximum atomic E-state index is 11.6. The summed E-state index contributed by atoms with van der Waals surface area (Å²) in [5.41, 5.74) is 3.30. The minimum atomic E-state index is -3.16. The molecule has 2 aromatic rings. The van der Waals surface area contributed by atoms with Crippen LogP contribution in [0.1, 0.15) is 18.2 Å². The third-order valence-corrected chi connectivity index (χ3v) is 4.43. The second-order valence-corrected chi connectivity index (χ2v) is 6.83. The Kier molecular flexibility index (Phi) is 3.96. The number of aromatic amines is 1. The molecule has 0 radical (unpaired) electrons. The maximum absolute atomic E-state index is 11.6. The van der Waals surface area contributed by atoms with Crippen LogP contribution < -0.4 is 5.32 Å². The number of benzene rings is 1. The average Bonchev–Trinajstić information content (AvgIpc) is 2.64. The van der Waals surface area contributed by atoms with E-state index in [2.05, 4.69) is 17.2 Å². The summed E-state index contributed by atoms with van der Waals surface area (Å²) in [5, 5.41) is 4.30. The SMILES string of the molecule is CCNCCc1c(C)[nH]c2ccc(S(C)(=O)=O)cc12. The van der Waals surface area contributed by atoms with Gasteiger partial charge in [0.1, 0.15) is 0 Å². The minimum Gasteiger partial charge on any atom is -0.358 e. The van der Waals surface area contributed by atoms with Crippen LogP contribution in [-0.2, 0) is 16.3 Å². The summed E-state index contributed by atoms with van der Waals surface area (Å²) in [5.74, 6) is 0. The van der Waals surface area contributed by atoms with Gasteiger partial charge in [0, 0.05) is 22.9 Å². The molecule has 1 aromatic carbocycles. The van der Waals surface area contributed by atoms with Crippen molar-refractivity contribution in [3.05, 3.63) is 29.5 Å². The zero-order valence-electron chi connectivity index (χ0n) is 11.6. The third kappa shape index (κ3) is 2.98. The van der Waals surface area contributed by atoms with E-state index in [1.165, 1.54) is 11.8 Å². The van der Waals surface area contributed by atoms with Gasteiger partial charge in [-0.3, -0.25) is 0 Å². The van der Waals surface area contributed by atoms with Gasteiger partial charge in [0.2, 0.25) is 0 Å². The maximum Gasteiger partial charge on any atom is 0.175 e. The predicted octanol–water partition coefficient (Wildman–Crippen LogP) is 2.03. The molecule has 0 saturated heterocycles. The number of aryl methyl sites for hydroxylation is 1. The number of hydrogen-bond acceptors (Lipinski definition) is 3. The highest BCUT2D eigenvalue weighted by Gasteiger charge is 2.12. The molecule has 0 atom stereocenters. The van der Waals surface area contributed by atoms with E-state index < -0.39 is 9.84 Å². The van der Waals surface area contributed by atoms with E-state index in [1.807, 2.05) is 13.0 Å². The van der Waals surface area contributed by atoms with Crippen molar-refractivity contribution in [1.82, 2.24) is 10.3 Å². The number of fused-ring (bicyclic) bond motifs is 1. The lowest BCUT2D eigenvalue weighted by molar-refractivity contribution is 0.602. The zero-order chi connectivity index (χ0) is 14.0. The number of hydrogen-bond donors (Lipinski definition) is 2. The molecule has 2 N–H and O–H groups in total. The average molecular weight is 280 g/mol. The zero-order valence-corrected chi connectivity index (χ0v) is 12.4. The summed E-state index contributed by atoms with van der Waals surface area (Å²) in [6.07, 6.45) is 2.14. The van der Waals surface area contributed by atoms with E-state index in [4.69, 9.17) is 0 Å². The van der Waals surface area contributed by atoms with Gasteiger partial charge < -0.3 is 10.3 Å². The molecule has 19 heavy (non-hydrogen) atoms. The van der Waals surface area contributed by atoms with Gasteiger partial charge in [0.25, 0.3) is 0 Å². The van der Waals surface area contributed by atoms with Gasteiger partial charge in [0.15, 0.2) is 9.84 Å². The molecule has 0 aliphatic rings. The van der Waals surface area contributed by atoms with Crippen LogP contribution >= 0.6 is 0 Å². The number of likely N-dealkylation sites (N-methyl/N-ethyl adjacent to an activating group) is 1. The smallest absolute Gasteiger partial charge is 0.175 e. The summed E-state index contributed by atoms with van der Waals surface area (Å²) in [4.78, 5) is 3.69. The van der Waals surface area contributed by atoms with E-state index in [1.54, 1.807) is 12.1 Å². The Bertz CT molecular complexity index is 687. The highest BCUT2D eigenvalue weighted by atomic mass is 32.2. The van der Waals surface area contributed by atoms with Gasteiger partial charge in [-0.25, -0.2) is 8.42 Å². The van der Waals surface area contributed by atoms with Gasteiger partial charge in [-0.15, -0.1) is 0 Å². The molecule has 0 fully saturated rings. The van der Waals surface area contributed by atoms with E-state index in [0.29, 0.717) is 4.90 Å². The predicted molar refractivity (Wildman–Crippen MR) is 78.4 cm³/mol. The number of sulfone groups is 1. The molecule has 0 saturated carbocycles. The Balaban J connectivity index is 2.47. The second-order valence-electron chi connectivity index (χ2n) is 4.81. The number of H-pyrrole nitrogens is 1. The van der Waals surface area contributed by atoms with Crippen LogP contribution in [0.2, 0.25) is 0 Å². The molecule has 0 aliphatic carbocycles. The van der Waals surface area contributed by atoms with E-state index >= 15 is 0 Å². The molecular formula is C14H20N2O2S. The summed E-state index contributed by atoms with van der Waals surface area (Å²) >= 11 is 0. The quantitative estimate of drug-likeness (QED) is 0.824. The number of rotatable bonds is 5. The van der Waals surface area contributed by atoms with Crippen molar-refractivity contribution in [3.8, 4) is 0 Å². The van der Waals surface area contributed by atoms with Gasteiger partial charge in [-0.05, 0) is 50.2 Å². The first-order valence-electron chi connectivity index (χ1n) is 6.45. The summed E-state index contributed by atoms with van der Waals surface area (Å²) in [6.45, 7) is 5.94. The number of aromatic nitrogens is 1. The highest BCUT2D eigenvalue weighted by molar-refractivity contribution is 7.90. The summed E-state index contributed by atoms with van der Waals surface area (Å²) < 4.78 is 23.3. The van der Waals surface area contributed by atoms with Crippen LogP contribution in [-0.4, -0.2) is 32.7 Å². The molecule has 2 rings (SSSR count). The first-order valence-corrected chi connectivity index (χ1v) is 8.34. The molecule has 104 valence electrons.